The van der Waals surface area contributed by atoms with Crippen molar-refractivity contribution < 1.29 is 13.2 Å². The second-order valence-electron chi connectivity index (χ2n) is 4.18. The highest BCUT2D eigenvalue weighted by Gasteiger charge is 2.21. The van der Waals surface area contributed by atoms with Crippen LogP contribution in [0, 0.1) is 17.5 Å². The standard InChI is InChI=1S/C14H10Br2F3N/c1-20-14(8-4-7(15)2-3-11(8)17)9-5-13(19)10(16)6-12(9)18/h2-6,14,20H,1H3. The van der Waals surface area contributed by atoms with Gasteiger partial charge in [0.05, 0.1) is 10.5 Å². The van der Waals surface area contributed by atoms with Gasteiger partial charge in [-0.05, 0) is 53.3 Å². The second-order valence-corrected chi connectivity index (χ2v) is 5.95. The van der Waals surface area contributed by atoms with Gasteiger partial charge in [0.25, 0.3) is 0 Å². The van der Waals surface area contributed by atoms with Crippen LogP contribution < -0.4 is 5.32 Å². The summed E-state index contributed by atoms with van der Waals surface area (Å²) in [6.45, 7) is 0. The molecule has 106 valence electrons. The highest BCUT2D eigenvalue weighted by atomic mass is 79.9. The van der Waals surface area contributed by atoms with E-state index in [-0.39, 0.29) is 15.6 Å². The van der Waals surface area contributed by atoms with Crippen LogP contribution in [0.25, 0.3) is 0 Å². The SMILES string of the molecule is CNC(c1cc(Br)ccc1F)c1cc(F)c(Br)cc1F. The lowest BCUT2D eigenvalue weighted by atomic mass is 9.98. The van der Waals surface area contributed by atoms with Gasteiger partial charge in [-0.25, -0.2) is 13.2 Å². The van der Waals surface area contributed by atoms with E-state index in [2.05, 4.69) is 37.2 Å². The number of rotatable bonds is 3. The first kappa shape index (κ1) is 15.5. The maximum atomic E-state index is 14.0. The van der Waals surface area contributed by atoms with Crippen LogP contribution in [0.1, 0.15) is 17.2 Å². The first-order valence-corrected chi connectivity index (χ1v) is 7.29. The molecule has 0 aliphatic rings. The quantitative estimate of drug-likeness (QED) is 0.709. The van der Waals surface area contributed by atoms with E-state index in [9.17, 15) is 13.2 Å². The topological polar surface area (TPSA) is 12.0 Å². The molecular weight excluding hydrogens is 399 g/mol. The first-order chi connectivity index (χ1) is 9.43. The molecule has 0 fully saturated rings. The van der Waals surface area contributed by atoms with Crippen LogP contribution in [0.4, 0.5) is 13.2 Å². The minimum atomic E-state index is -0.782. The van der Waals surface area contributed by atoms with E-state index in [1.54, 1.807) is 13.1 Å². The van der Waals surface area contributed by atoms with Crippen molar-refractivity contribution in [3.8, 4) is 0 Å². The van der Waals surface area contributed by atoms with Gasteiger partial charge in [0, 0.05) is 15.6 Å². The Morgan fingerprint density at radius 1 is 0.900 bits per heavy atom. The Labute approximate surface area is 131 Å². The number of hydrogen-bond acceptors (Lipinski definition) is 1. The lowest BCUT2D eigenvalue weighted by Gasteiger charge is -2.19. The van der Waals surface area contributed by atoms with Crippen molar-refractivity contribution >= 4 is 31.9 Å². The van der Waals surface area contributed by atoms with E-state index in [1.807, 2.05) is 0 Å². The lowest BCUT2D eigenvalue weighted by molar-refractivity contribution is 0.535. The van der Waals surface area contributed by atoms with Gasteiger partial charge in [-0.3, -0.25) is 0 Å². The smallest absolute Gasteiger partial charge is 0.137 e. The first-order valence-electron chi connectivity index (χ1n) is 5.70. The lowest BCUT2D eigenvalue weighted by Crippen LogP contribution is -2.20. The molecule has 0 radical (unpaired) electrons. The monoisotopic (exact) mass is 407 g/mol. The van der Waals surface area contributed by atoms with Crippen LogP contribution >= 0.6 is 31.9 Å². The molecule has 2 rings (SSSR count). The Morgan fingerprint density at radius 3 is 2.20 bits per heavy atom. The predicted molar refractivity (Wildman–Crippen MR) is 79.1 cm³/mol. The Bertz CT molecular complexity index is 647. The highest BCUT2D eigenvalue weighted by Crippen LogP contribution is 2.31. The third-order valence-electron chi connectivity index (χ3n) is 2.91. The zero-order chi connectivity index (χ0) is 14.9. The van der Waals surface area contributed by atoms with Crippen molar-refractivity contribution in [2.24, 2.45) is 0 Å². The van der Waals surface area contributed by atoms with E-state index >= 15 is 0 Å². The van der Waals surface area contributed by atoms with Crippen LogP contribution in [0.15, 0.2) is 39.3 Å². The van der Waals surface area contributed by atoms with Gasteiger partial charge in [-0.15, -0.1) is 0 Å². The molecule has 2 aromatic rings. The van der Waals surface area contributed by atoms with Gasteiger partial charge < -0.3 is 5.32 Å². The molecule has 0 saturated heterocycles. The van der Waals surface area contributed by atoms with Crippen molar-refractivity contribution in [1.29, 1.82) is 0 Å². The summed E-state index contributed by atoms with van der Waals surface area (Å²) < 4.78 is 42.2. The zero-order valence-electron chi connectivity index (χ0n) is 10.4. The van der Waals surface area contributed by atoms with Crippen molar-refractivity contribution in [3.63, 3.8) is 0 Å². The number of halogens is 5. The molecule has 0 aromatic heterocycles. The Morgan fingerprint density at radius 2 is 1.55 bits per heavy atom. The summed E-state index contributed by atoms with van der Waals surface area (Å²) >= 11 is 6.16. The fraction of sp³-hybridized carbons (Fsp3) is 0.143. The molecule has 1 unspecified atom stereocenters. The van der Waals surface area contributed by atoms with E-state index < -0.39 is 23.5 Å². The Hall–Kier alpha value is -0.850. The van der Waals surface area contributed by atoms with Gasteiger partial charge in [0.1, 0.15) is 17.5 Å². The molecule has 0 amide bonds. The van der Waals surface area contributed by atoms with Crippen LogP contribution in [0.5, 0.6) is 0 Å². The summed E-state index contributed by atoms with van der Waals surface area (Å²) in [6.07, 6.45) is 0. The number of benzene rings is 2. The minimum absolute atomic E-state index is 0.0308. The normalized spacial score (nSPS) is 12.5. The average molecular weight is 409 g/mol. The van der Waals surface area contributed by atoms with Crippen LogP contribution in [-0.4, -0.2) is 7.05 Å². The summed E-state index contributed by atoms with van der Waals surface area (Å²) in [5.74, 6) is -1.70. The van der Waals surface area contributed by atoms with E-state index in [4.69, 9.17) is 0 Å². The van der Waals surface area contributed by atoms with E-state index in [1.165, 1.54) is 12.1 Å². The third-order valence-corrected chi connectivity index (χ3v) is 4.01. The van der Waals surface area contributed by atoms with Gasteiger partial charge in [0.15, 0.2) is 0 Å². The maximum absolute atomic E-state index is 14.0. The molecule has 1 atom stereocenters. The summed E-state index contributed by atoms with van der Waals surface area (Å²) in [4.78, 5) is 0. The third kappa shape index (κ3) is 3.07. The van der Waals surface area contributed by atoms with Crippen molar-refractivity contribution in [3.05, 3.63) is 67.9 Å². The molecule has 0 aliphatic heterocycles. The molecule has 0 aliphatic carbocycles. The fourth-order valence-corrected chi connectivity index (χ4v) is 2.67. The summed E-state index contributed by atoms with van der Waals surface area (Å²) in [5, 5.41) is 2.81. The molecule has 1 nitrogen and oxygen atoms in total. The Kier molecular flexibility index (Phi) is 4.88. The molecule has 0 spiro atoms. The summed E-state index contributed by atoms with van der Waals surface area (Å²) in [7, 11) is 1.56. The van der Waals surface area contributed by atoms with Crippen LogP contribution in [0.2, 0.25) is 0 Å². The number of hydrogen-bond donors (Lipinski definition) is 1. The minimum Gasteiger partial charge on any atom is -0.309 e. The van der Waals surface area contributed by atoms with Gasteiger partial charge in [0.2, 0.25) is 0 Å². The fourth-order valence-electron chi connectivity index (χ4n) is 1.97. The molecule has 6 heteroatoms. The Balaban J connectivity index is 2.58. The predicted octanol–water partition coefficient (Wildman–Crippen LogP) is 4.94. The van der Waals surface area contributed by atoms with E-state index in [0.29, 0.717) is 4.47 Å². The largest absolute Gasteiger partial charge is 0.309 e. The molecule has 0 heterocycles. The van der Waals surface area contributed by atoms with Crippen molar-refractivity contribution in [1.82, 2.24) is 5.32 Å². The van der Waals surface area contributed by atoms with Crippen LogP contribution in [-0.2, 0) is 0 Å². The van der Waals surface area contributed by atoms with Crippen LogP contribution in [0.3, 0.4) is 0 Å². The summed E-state index contributed by atoms with van der Waals surface area (Å²) in [6, 6.07) is 5.66. The molecule has 0 saturated carbocycles. The second kappa shape index (κ2) is 6.28. The molecular formula is C14H10Br2F3N. The van der Waals surface area contributed by atoms with Gasteiger partial charge in [-0.2, -0.15) is 0 Å². The van der Waals surface area contributed by atoms with Crippen molar-refractivity contribution in [2.45, 2.75) is 6.04 Å². The highest BCUT2D eigenvalue weighted by molar-refractivity contribution is 9.10. The van der Waals surface area contributed by atoms with E-state index in [0.717, 1.165) is 12.1 Å². The summed E-state index contributed by atoms with van der Waals surface area (Å²) in [5.41, 5.74) is 0.285. The maximum Gasteiger partial charge on any atom is 0.137 e. The molecule has 20 heavy (non-hydrogen) atoms. The van der Waals surface area contributed by atoms with Crippen molar-refractivity contribution in [2.75, 3.05) is 7.05 Å². The molecule has 0 bridgehead atoms. The number of nitrogens with one attached hydrogen (secondary N) is 1. The van der Waals surface area contributed by atoms with Gasteiger partial charge >= 0.3 is 0 Å². The average Bonchev–Trinajstić information content (AvgIpc) is 2.40. The molecule has 1 N–H and O–H groups in total. The zero-order valence-corrected chi connectivity index (χ0v) is 13.5. The molecule has 2 aromatic carbocycles. The van der Waals surface area contributed by atoms with Gasteiger partial charge in [-0.1, -0.05) is 15.9 Å².